The molecule has 4 nitrogen and oxygen atoms in total. The van der Waals surface area contributed by atoms with Crippen molar-refractivity contribution in [1.29, 1.82) is 0 Å². The number of aliphatic hydroxyl groups is 1. The minimum atomic E-state index is -0.384. The molecule has 0 radical (unpaired) electrons. The van der Waals surface area contributed by atoms with Crippen LogP contribution in [-0.2, 0) is 11.2 Å². The van der Waals surface area contributed by atoms with Gasteiger partial charge < -0.3 is 14.9 Å². The predicted molar refractivity (Wildman–Crippen MR) is 79.5 cm³/mol. The first-order valence-corrected chi connectivity index (χ1v) is 7.33. The molecular weight excluding hydrogens is 252 g/mol. The van der Waals surface area contributed by atoms with Crippen LogP contribution in [0.25, 0.3) is 0 Å². The molecule has 0 aliphatic carbocycles. The second-order valence-corrected chi connectivity index (χ2v) is 5.47. The van der Waals surface area contributed by atoms with E-state index in [1.54, 1.807) is 11.9 Å². The molecule has 1 N–H and O–H groups in total. The molecule has 0 atom stereocenters. The van der Waals surface area contributed by atoms with E-state index in [-0.39, 0.29) is 18.6 Å². The summed E-state index contributed by atoms with van der Waals surface area (Å²) in [5.74, 6) is -0.173. The van der Waals surface area contributed by atoms with Crippen LogP contribution < -0.4 is 0 Å². The minimum absolute atomic E-state index is 0.173. The molecule has 1 aliphatic rings. The van der Waals surface area contributed by atoms with Gasteiger partial charge in [0, 0.05) is 32.7 Å². The molecule has 1 heterocycles. The molecule has 1 saturated heterocycles. The lowest BCUT2D eigenvalue weighted by Crippen LogP contribution is -2.46. The quantitative estimate of drug-likeness (QED) is 0.877. The summed E-state index contributed by atoms with van der Waals surface area (Å²) in [4.78, 5) is 15.6. The van der Waals surface area contributed by atoms with Crippen LogP contribution >= 0.6 is 0 Å². The fourth-order valence-corrected chi connectivity index (χ4v) is 2.78. The van der Waals surface area contributed by atoms with Gasteiger partial charge in [-0.05, 0) is 24.8 Å². The Labute approximate surface area is 121 Å². The van der Waals surface area contributed by atoms with Gasteiger partial charge in [0.05, 0.1) is 0 Å². The van der Waals surface area contributed by atoms with Crippen LogP contribution in [0, 0.1) is 0 Å². The third kappa shape index (κ3) is 4.05. The fourth-order valence-electron chi connectivity index (χ4n) is 2.78. The van der Waals surface area contributed by atoms with Crippen molar-refractivity contribution < 1.29 is 9.90 Å². The molecule has 1 aromatic carbocycles. The fraction of sp³-hybridized carbons (Fsp3) is 0.562. The number of carbonyl (C=O) groups excluding carboxylic acids is 1. The number of benzene rings is 1. The second kappa shape index (κ2) is 7.41. The van der Waals surface area contributed by atoms with E-state index < -0.39 is 0 Å². The molecule has 0 spiro atoms. The van der Waals surface area contributed by atoms with Crippen LogP contribution in [0.2, 0.25) is 0 Å². The summed E-state index contributed by atoms with van der Waals surface area (Å²) in [5, 5.41) is 8.90. The maximum Gasteiger partial charge on any atom is 0.248 e. The number of aliphatic hydroxyl groups excluding tert-OH is 1. The maximum atomic E-state index is 11.5. The number of carbonyl (C=O) groups is 1. The van der Waals surface area contributed by atoms with Gasteiger partial charge in [-0.3, -0.25) is 4.79 Å². The molecule has 1 aliphatic heterocycles. The van der Waals surface area contributed by atoms with Gasteiger partial charge in [-0.15, -0.1) is 0 Å². The van der Waals surface area contributed by atoms with Gasteiger partial charge in [-0.1, -0.05) is 30.3 Å². The summed E-state index contributed by atoms with van der Waals surface area (Å²) in [6.07, 6.45) is 3.07. The molecule has 0 saturated carbocycles. The number of amides is 1. The Balaban J connectivity index is 1.73. The van der Waals surface area contributed by atoms with Gasteiger partial charge in [0.1, 0.15) is 6.61 Å². The Hall–Kier alpha value is -1.39. The van der Waals surface area contributed by atoms with Crippen LogP contribution in [0.5, 0.6) is 0 Å². The van der Waals surface area contributed by atoms with E-state index in [1.807, 2.05) is 6.07 Å². The number of nitrogens with zero attached hydrogens (tertiary/aromatic N) is 2. The predicted octanol–water partition coefficient (Wildman–Crippen LogP) is 1.14. The monoisotopic (exact) mass is 276 g/mol. The van der Waals surface area contributed by atoms with Crippen LogP contribution in [0.4, 0.5) is 0 Å². The third-order valence-corrected chi connectivity index (χ3v) is 4.19. The zero-order valence-electron chi connectivity index (χ0n) is 12.2. The van der Waals surface area contributed by atoms with Gasteiger partial charge in [-0.2, -0.15) is 0 Å². The highest BCUT2D eigenvalue weighted by Crippen LogP contribution is 2.16. The van der Waals surface area contributed by atoms with Crippen LogP contribution in [0.15, 0.2) is 30.3 Å². The lowest BCUT2D eigenvalue weighted by atomic mass is 10.0. The first kappa shape index (κ1) is 15.0. The van der Waals surface area contributed by atoms with Gasteiger partial charge in [-0.25, -0.2) is 0 Å². The summed E-state index contributed by atoms with van der Waals surface area (Å²) in [7, 11) is 1.79. The first-order chi connectivity index (χ1) is 9.70. The lowest BCUT2D eigenvalue weighted by Gasteiger charge is -2.36. The minimum Gasteiger partial charge on any atom is -0.387 e. The molecule has 1 fully saturated rings. The van der Waals surface area contributed by atoms with E-state index in [0.717, 1.165) is 38.9 Å². The van der Waals surface area contributed by atoms with Crippen LogP contribution in [0.1, 0.15) is 18.4 Å². The Morgan fingerprint density at radius 1 is 1.30 bits per heavy atom. The number of likely N-dealkylation sites (tertiary alicyclic amines) is 1. The van der Waals surface area contributed by atoms with Crippen molar-refractivity contribution in [3.8, 4) is 0 Å². The molecule has 0 aromatic heterocycles. The zero-order chi connectivity index (χ0) is 14.4. The van der Waals surface area contributed by atoms with Crippen molar-refractivity contribution in [3.05, 3.63) is 35.9 Å². The van der Waals surface area contributed by atoms with E-state index in [1.165, 1.54) is 5.56 Å². The van der Waals surface area contributed by atoms with Crippen molar-refractivity contribution >= 4 is 5.91 Å². The molecular formula is C16H24N2O2. The highest BCUT2D eigenvalue weighted by atomic mass is 16.3. The second-order valence-electron chi connectivity index (χ2n) is 5.47. The average Bonchev–Trinajstić information content (AvgIpc) is 2.53. The van der Waals surface area contributed by atoms with Crippen molar-refractivity contribution in [3.63, 3.8) is 0 Å². The Morgan fingerprint density at radius 2 is 1.95 bits per heavy atom. The summed E-state index contributed by atoms with van der Waals surface area (Å²) in [5.41, 5.74) is 1.38. The van der Waals surface area contributed by atoms with E-state index >= 15 is 0 Å². The molecule has 4 heteroatoms. The first-order valence-electron chi connectivity index (χ1n) is 7.33. The van der Waals surface area contributed by atoms with Crippen molar-refractivity contribution in [1.82, 2.24) is 9.80 Å². The maximum absolute atomic E-state index is 11.5. The Morgan fingerprint density at radius 3 is 2.55 bits per heavy atom. The topological polar surface area (TPSA) is 43.8 Å². The molecule has 110 valence electrons. The number of likely N-dealkylation sites (N-methyl/N-ethyl adjacent to an activating group) is 1. The number of rotatable bonds is 5. The molecule has 1 aromatic rings. The van der Waals surface area contributed by atoms with E-state index in [9.17, 15) is 4.79 Å². The molecule has 1 amide bonds. The normalized spacial score (nSPS) is 17.1. The van der Waals surface area contributed by atoms with Crippen molar-refractivity contribution in [2.24, 2.45) is 0 Å². The number of hydrogen-bond acceptors (Lipinski definition) is 3. The van der Waals surface area contributed by atoms with Crippen LogP contribution in [-0.4, -0.2) is 60.1 Å². The molecule has 0 unspecified atom stereocenters. The SMILES string of the molecule is CN(C(=O)CO)C1CCN(CCc2ccccc2)CC1. The van der Waals surface area contributed by atoms with E-state index in [2.05, 4.69) is 29.2 Å². The van der Waals surface area contributed by atoms with Crippen LogP contribution in [0.3, 0.4) is 0 Å². The molecule has 0 bridgehead atoms. The van der Waals surface area contributed by atoms with Gasteiger partial charge in [0.15, 0.2) is 0 Å². The van der Waals surface area contributed by atoms with Crippen molar-refractivity contribution in [2.75, 3.05) is 33.3 Å². The number of hydrogen-bond donors (Lipinski definition) is 1. The molecule has 2 rings (SSSR count). The summed E-state index contributed by atoms with van der Waals surface area (Å²) < 4.78 is 0. The lowest BCUT2D eigenvalue weighted by molar-refractivity contribution is -0.135. The smallest absolute Gasteiger partial charge is 0.248 e. The standard InChI is InChI=1S/C16H24N2O2/c1-17(16(20)13-19)15-8-11-18(12-9-15)10-7-14-5-3-2-4-6-14/h2-6,15,19H,7-13H2,1H3. The van der Waals surface area contributed by atoms with Gasteiger partial charge >= 0.3 is 0 Å². The highest BCUT2D eigenvalue weighted by Gasteiger charge is 2.24. The summed E-state index contributed by atoms with van der Waals surface area (Å²) in [6.45, 7) is 2.75. The zero-order valence-corrected chi connectivity index (χ0v) is 12.2. The van der Waals surface area contributed by atoms with Gasteiger partial charge in [0.2, 0.25) is 5.91 Å². The Kier molecular flexibility index (Phi) is 5.56. The summed E-state index contributed by atoms with van der Waals surface area (Å²) in [6, 6.07) is 10.8. The largest absolute Gasteiger partial charge is 0.387 e. The number of piperidine rings is 1. The Bertz CT molecular complexity index is 414. The average molecular weight is 276 g/mol. The van der Waals surface area contributed by atoms with E-state index in [0.29, 0.717) is 0 Å². The third-order valence-electron chi connectivity index (χ3n) is 4.19. The summed E-state index contributed by atoms with van der Waals surface area (Å²) >= 11 is 0. The van der Waals surface area contributed by atoms with Crippen molar-refractivity contribution in [2.45, 2.75) is 25.3 Å². The van der Waals surface area contributed by atoms with E-state index in [4.69, 9.17) is 5.11 Å². The van der Waals surface area contributed by atoms with Gasteiger partial charge in [0.25, 0.3) is 0 Å². The molecule has 20 heavy (non-hydrogen) atoms. The highest BCUT2D eigenvalue weighted by molar-refractivity contribution is 5.77.